The summed E-state index contributed by atoms with van der Waals surface area (Å²) in [6, 6.07) is 20.2. The van der Waals surface area contributed by atoms with Gasteiger partial charge in [-0.05, 0) is 61.7 Å². The molecule has 0 radical (unpaired) electrons. The number of para-hydroxylation sites is 1. The van der Waals surface area contributed by atoms with Crippen LogP contribution >= 0.6 is 28.3 Å². The number of hydrogen-bond acceptors (Lipinski definition) is 3. The smallest absolute Gasteiger partial charge is 0.370 e. The topological polar surface area (TPSA) is 50.2 Å². The molecule has 1 fully saturated rings. The average molecular weight is 606 g/mol. The Morgan fingerprint density at radius 3 is 2.26 bits per heavy atom. The quantitative estimate of drug-likeness (QED) is 0.251. The minimum absolute atomic E-state index is 0. The SMILES string of the molecule is Cl.O=C(Nc1cc(C(F)(F)F)ccc1N1CCCCC1)c1cn(-c2ccccc2)nc1-c1ccc(Br)cc1. The van der Waals surface area contributed by atoms with E-state index in [1.807, 2.05) is 59.5 Å². The lowest BCUT2D eigenvalue weighted by atomic mass is 10.1. The molecule has 10 heteroatoms. The molecule has 0 atom stereocenters. The van der Waals surface area contributed by atoms with Crippen molar-refractivity contribution in [3.63, 3.8) is 0 Å². The Labute approximate surface area is 233 Å². The number of nitrogens with zero attached hydrogens (tertiary/aromatic N) is 3. The summed E-state index contributed by atoms with van der Waals surface area (Å²) < 4.78 is 43.2. The van der Waals surface area contributed by atoms with E-state index in [1.54, 1.807) is 10.9 Å². The highest BCUT2D eigenvalue weighted by Gasteiger charge is 2.32. The first-order chi connectivity index (χ1) is 17.8. The molecule has 198 valence electrons. The highest BCUT2D eigenvalue weighted by Crippen LogP contribution is 2.37. The first-order valence-corrected chi connectivity index (χ1v) is 12.8. The molecule has 0 saturated carbocycles. The van der Waals surface area contributed by atoms with Gasteiger partial charge in [0.1, 0.15) is 5.69 Å². The third-order valence-corrected chi connectivity index (χ3v) is 6.89. The number of rotatable bonds is 5. The normalized spacial score (nSPS) is 13.6. The maximum atomic E-state index is 13.6. The number of alkyl halides is 3. The van der Waals surface area contributed by atoms with Gasteiger partial charge in [0.15, 0.2) is 0 Å². The van der Waals surface area contributed by atoms with E-state index in [0.717, 1.165) is 54.6 Å². The summed E-state index contributed by atoms with van der Waals surface area (Å²) in [5.41, 5.74) is 2.07. The van der Waals surface area contributed by atoms with Crippen LogP contribution in [0.2, 0.25) is 0 Å². The van der Waals surface area contributed by atoms with Crippen molar-refractivity contribution in [2.45, 2.75) is 25.4 Å². The van der Waals surface area contributed by atoms with Crippen molar-refractivity contribution in [3.8, 4) is 16.9 Å². The number of carbonyl (C=O) groups excluding carboxylic acids is 1. The Kier molecular flexibility index (Phi) is 8.47. The van der Waals surface area contributed by atoms with Crippen LogP contribution < -0.4 is 10.2 Å². The van der Waals surface area contributed by atoms with Gasteiger partial charge >= 0.3 is 6.18 Å². The van der Waals surface area contributed by atoms with Crippen molar-refractivity contribution in [2.24, 2.45) is 0 Å². The van der Waals surface area contributed by atoms with Crippen LogP contribution in [0.4, 0.5) is 24.5 Å². The van der Waals surface area contributed by atoms with Crippen molar-refractivity contribution in [1.82, 2.24) is 9.78 Å². The third-order valence-electron chi connectivity index (χ3n) is 6.37. The molecular weight excluding hydrogens is 581 g/mol. The summed E-state index contributed by atoms with van der Waals surface area (Å²) in [5, 5.41) is 7.44. The Balaban J connectivity index is 0.00000336. The Morgan fingerprint density at radius 2 is 1.61 bits per heavy atom. The van der Waals surface area contributed by atoms with Crippen LogP contribution in [-0.2, 0) is 6.18 Å². The van der Waals surface area contributed by atoms with Gasteiger partial charge in [0.25, 0.3) is 5.91 Å². The first kappa shape index (κ1) is 27.7. The number of carbonyl (C=O) groups is 1. The number of benzene rings is 3. The van der Waals surface area contributed by atoms with E-state index in [2.05, 4.69) is 26.3 Å². The molecule has 0 unspecified atom stereocenters. The second-order valence-corrected chi connectivity index (χ2v) is 9.83. The largest absolute Gasteiger partial charge is 0.416 e. The molecule has 1 amide bonds. The molecule has 0 aliphatic carbocycles. The van der Waals surface area contributed by atoms with Crippen LogP contribution in [0.5, 0.6) is 0 Å². The molecule has 3 aromatic carbocycles. The molecule has 0 spiro atoms. The summed E-state index contributed by atoms with van der Waals surface area (Å²) in [7, 11) is 0. The molecule has 1 aliphatic heterocycles. The number of hydrogen-bond donors (Lipinski definition) is 1. The number of aromatic nitrogens is 2. The van der Waals surface area contributed by atoms with Crippen molar-refractivity contribution in [1.29, 1.82) is 0 Å². The molecule has 1 saturated heterocycles. The van der Waals surface area contributed by atoms with Gasteiger partial charge in [-0.1, -0.05) is 46.3 Å². The molecule has 1 aliphatic rings. The van der Waals surface area contributed by atoms with Gasteiger partial charge in [0, 0.05) is 29.3 Å². The minimum Gasteiger partial charge on any atom is -0.370 e. The number of piperidine rings is 1. The zero-order chi connectivity index (χ0) is 26.0. The minimum atomic E-state index is -4.53. The molecule has 38 heavy (non-hydrogen) atoms. The molecular formula is C28H25BrClF3N4O. The van der Waals surface area contributed by atoms with Gasteiger partial charge in [-0.25, -0.2) is 4.68 Å². The maximum absolute atomic E-state index is 13.6. The maximum Gasteiger partial charge on any atom is 0.416 e. The standard InChI is InChI=1S/C28H24BrF3N4O.ClH/c29-21-12-9-19(10-13-21)26-23(18-36(34-26)22-7-3-1-4-8-22)27(37)33-24-17-20(28(30,31)32)11-14-25(24)35-15-5-2-6-16-35;/h1,3-4,7-14,17-18H,2,5-6,15-16H2,(H,33,37);1H. The van der Waals surface area contributed by atoms with Crippen LogP contribution in [0, 0.1) is 0 Å². The first-order valence-electron chi connectivity index (χ1n) is 12.0. The highest BCUT2D eigenvalue weighted by molar-refractivity contribution is 9.10. The monoisotopic (exact) mass is 604 g/mol. The lowest BCUT2D eigenvalue weighted by molar-refractivity contribution is -0.137. The van der Waals surface area contributed by atoms with E-state index in [4.69, 9.17) is 0 Å². The zero-order valence-electron chi connectivity index (χ0n) is 20.2. The van der Waals surface area contributed by atoms with E-state index in [-0.39, 0.29) is 23.7 Å². The van der Waals surface area contributed by atoms with Crippen LogP contribution in [0.25, 0.3) is 16.9 Å². The second kappa shape index (κ2) is 11.6. The summed E-state index contributed by atoms with van der Waals surface area (Å²) in [4.78, 5) is 15.7. The molecule has 2 heterocycles. The molecule has 5 rings (SSSR count). The van der Waals surface area contributed by atoms with E-state index in [0.29, 0.717) is 16.9 Å². The molecule has 1 aromatic heterocycles. The summed E-state index contributed by atoms with van der Waals surface area (Å²) >= 11 is 3.42. The fourth-order valence-corrected chi connectivity index (χ4v) is 4.75. The molecule has 4 aromatic rings. The lowest BCUT2D eigenvalue weighted by Gasteiger charge is -2.31. The number of amides is 1. The fourth-order valence-electron chi connectivity index (χ4n) is 4.49. The van der Waals surface area contributed by atoms with E-state index >= 15 is 0 Å². The van der Waals surface area contributed by atoms with Crippen molar-refractivity contribution < 1.29 is 18.0 Å². The van der Waals surface area contributed by atoms with Crippen LogP contribution in [0.3, 0.4) is 0 Å². The lowest BCUT2D eigenvalue weighted by Crippen LogP contribution is -2.30. The van der Waals surface area contributed by atoms with Crippen molar-refractivity contribution >= 4 is 45.6 Å². The summed E-state index contributed by atoms with van der Waals surface area (Å²) in [5.74, 6) is -0.530. The summed E-state index contributed by atoms with van der Waals surface area (Å²) in [6.45, 7) is 1.45. The van der Waals surface area contributed by atoms with Gasteiger partial charge in [-0.2, -0.15) is 18.3 Å². The van der Waals surface area contributed by atoms with Crippen LogP contribution in [0.15, 0.2) is 83.5 Å². The Hall–Kier alpha value is -3.30. The average Bonchev–Trinajstić information content (AvgIpc) is 3.35. The van der Waals surface area contributed by atoms with Gasteiger partial charge in [-0.3, -0.25) is 4.79 Å². The number of anilines is 2. The molecule has 5 nitrogen and oxygen atoms in total. The third kappa shape index (κ3) is 6.05. The number of halogens is 5. The fraction of sp³-hybridized carbons (Fsp3) is 0.214. The number of nitrogens with one attached hydrogen (secondary N) is 1. The zero-order valence-corrected chi connectivity index (χ0v) is 22.6. The van der Waals surface area contributed by atoms with Gasteiger partial charge in [0.2, 0.25) is 0 Å². The summed E-state index contributed by atoms with van der Waals surface area (Å²) in [6.07, 6.45) is 0.0584. The van der Waals surface area contributed by atoms with E-state index in [1.165, 1.54) is 6.07 Å². The molecule has 1 N–H and O–H groups in total. The van der Waals surface area contributed by atoms with E-state index in [9.17, 15) is 18.0 Å². The Morgan fingerprint density at radius 1 is 0.921 bits per heavy atom. The predicted molar refractivity (Wildman–Crippen MR) is 149 cm³/mol. The van der Waals surface area contributed by atoms with Crippen molar-refractivity contribution in [2.75, 3.05) is 23.3 Å². The predicted octanol–water partition coefficient (Wildman–Crippen LogP) is 7.99. The van der Waals surface area contributed by atoms with Crippen LogP contribution in [-0.4, -0.2) is 28.8 Å². The molecule has 0 bridgehead atoms. The highest BCUT2D eigenvalue weighted by atomic mass is 79.9. The van der Waals surface area contributed by atoms with Crippen molar-refractivity contribution in [3.05, 3.63) is 94.6 Å². The van der Waals surface area contributed by atoms with Gasteiger partial charge in [-0.15, -0.1) is 12.4 Å². The Bertz CT molecular complexity index is 1400. The van der Waals surface area contributed by atoms with Gasteiger partial charge in [0.05, 0.1) is 28.2 Å². The second-order valence-electron chi connectivity index (χ2n) is 8.91. The van der Waals surface area contributed by atoms with Gasteiger partial charge < -0.3 is 10.2 Å². The van der Waals surface area contributed by atoms with Crippen LogP contribution in [0.1, 0.15) is 35.2 Å². The van der Waals surface area contributed by atoms with E-state index < -0.39 is 17.6 Å².